The minimum atomic E-state index is -0.0160. The fraction of sp³-hybridized carbons (Fsp3) is 0.647. The summed E-state index contributed by atoms with van der Waals surface area (Å²) >= 11 is 6.28. The van der Waals surface area contributed by atoms with Crippen LogP contribution in [-0.4, -0.2) is 72.7 Å². The molecule has 3 heterocycles. The second kappa shape index (κ2) is 8.14. The van der Waals surface area contributed by atoms with E-state index >= 15 is 0 Å². The zero-order chi connectivity index (χ0) is 16.9. The summed E-state index contributed by atoms with van der Waals surface area (Å²) in [5.41, 5.74) is 0.518. The van der Waals surface area contributed by atoms with Crippen molar-refractivity contribution in [2.24, 2.45) is 0 Å². The Morgan fingerprint density at radius 1 is 1.33 bits per heavy atom. The van der Waals surface area contributed by atoms with E-state index in [1.54, 1.807) is 12.3 Å². The summed E-state index contributed by atoms with van der Waals surface area (Å²) in [5, 5.41) is 0.388. The molecule has 0 spiro atoms. The van der Waals surface area contributed by atoms with E-state index in [9.17, 15) is 4.79 Å². The van der Waals surface area contributed by atoms with Gasteiger partial charge in [-0.1, -0.05) is 18.5 Å². The Labute approximate surface area is 147 Å². The second-order valence-corrected chi connectivity index (χ2v) is 6.57. The molecule has 0 unspecified atom stereocenters. The topological polar surface area (TPSA) is 54.9 Å². The Bertz CT molecular complexity index is 570. The van der Waals surface area contributed by atoms with E-state index < -0.39 is 0 Å². The van der Waals surface area contributed by atoms with Gasteiger partial charge in [-0.2, -0.15) is 0 Å². The van der Waals surface area contributed by atoms with E-state index in [0.717, 1.165) is 45.6 Å². The number of carbonyl (C=O) groups excluding carboxylic acids is 1. The van der Waals surface area contributed by atoms with Gasteiger partial charge in [-0.25, -0.2) is 4.98 Å². The smallest absolute Gasteiger partial charge is 0.255 e. The summed E-state index contributed by atoms with van der Waals surface area (Å²) in [4.78, 5) is 21.1. The number of amides is 1. The molecule has 0 bridgehead atoms. The van der Waals surface area contributed by atoms with Crippen LogP contribution in [0.5, 0.6) is 5.88 Å². The van der Waals surface area contributed by atoms with Crippen LogP contribution in [0.2, 0.25) is 5.02 Å². The molecule has 2 fully saturated rings. The highest BCUT2D eigenvalue weighted by Gasteiger charge is 2.23. The van der Waals surface area contributed by atoms with Gasteiger partial charge in [0.1, 0.15) is 11.1 Å². The zero-order valence-electron chi connectivity index (χ0n) is 14.0. The SMILES string of the molecule is CCN1CCN(C(=O)c2cnc(OC3CCOCC3)c(Cl)c2)CC1. The van der Waals surface area contributed by atoms with Gasteiger partial charge in [-0.15, -0.1) is 0 Å². The zero-order valence-corrected chi connectivity index (χ0v) is 14.8. The molecule has 0 aromatic carbocycles. The van der Waals surface area contributed by atoms with Gasteiger partial charge in [0.25, 0.3) is 5.91 Å². The number of hydrogen-bond acceptors (Lipinski definition) is 5. The van der Waals surface area contributed by atoms with Crippen LogP contribution < -0.4 is 4.74 Å². The second-order valence-electron chi connectivity index (χ2n) is 6.17. The first-order valence-corrected chi connectivity index (χ1v) is 8.96. The van der Waals surface area contributed by atoms with Crippen molar-refractivity contribution >= 4 is 17.5 Å². The molecule has 1 amide bonds. The van der Waals surface area contributed by atoms with E-state index in [1.165, 1.54) is 0 Å². The van der Waals surface area contributed by atoms with Crippen LogP contribution >= 0.6 is 11.6 Å². The highest BCUT2D eigenvalue weighted by atomic mass is 35.5. The standard InChI is InChI=1S/C17H24ClN3O3/c1-2-20-5-7-21(8-6-20)17(22)13-11-15(18)16(19-12-13)24-14-3-9-23-10-4-14/h11-12,14H,2-10H2,1H3. The molecule has 2 aliphatic heterocycles. The quantitative estimate of drug-likeness (QED) is 0.829. The number of rotatable bonds is 4. The fourth-order valence-corrected chi connectivity index (χ4v) is 3.24. The van der Waals surface area contributed by atoms with Crippen molar-refractivity contribution in [3.8, 4) is 5.88 Å². The first kappa shape index (κ1) is 17.5. The molecule has 132 valence electrons. The maximum Gasteiger partial charge on any atom is 0.255 e. The van der Waals surface area contributed by atoms with Gasteiger partial charge >= 0.3 is 0 Å². The maximum atomic E-state index is 12.6. The van der Waals surface area contributed by atoms with Crippen molar-refractivity contribution in [1.29, 1.82) is 0 Å². The summed E-state index contributed by atoms with van der Waals surface area (Å²) in [7, 11) is 0. The molecule has 1 aromatic rings. The lowest BCUT2D eigenvalue weighted by molar-refractivity contribution is 0.0237. The summed E-state index contributed by atoms with van der Waals surface area (Å²) in [5.74, 6) is 0.383. The number of piperazine rings is 1. The van der Waals surface area contributed by atoms with Crippen molar-refractivity contribution in [1.82, 2.24) is 14.8 Å². The highest BCUT2D eigenvalue weighted by molar-refractivity contribution is 6.32. The number of halogens is 1. The van der Waals surface area contributed by atoms with Crippen LogP contribution in [0, 0.1) is 0 Å². The van der Waals surface area contributed by atoms with Crippen LogP contribution in [0.1, 0.15) is 30.1 Å². The van der Waals surface area contributed by atoms with Crippen LogP contribution in [0.4, 0.5) is 0 Å². The largest absolute Gasteiger partial charge is 0.473 e. The number of likely N-dealkylation sites (N-methyl/N-ethyl adjacent to an activating group) is 1. The summed E-state index contributed by atoms with van der Waals surface area (Å²) in [6.07, 6.45) is 3.31. The molecule has 0 saturated carbocycles. The predicted octanol–water partition coefficient (Wildman–Crippen LogP) is 2.07. The molecule has 2 aliphatic rings. The molecule has 2 saturated heterocycles. The van der Waals surface area contributed by atoms with Gasteiger partial charge in [-0.3, -0.25) is 4.79 Å². The van der Waals surface area contributed by atoms with Crippen LogP contribution in [0.25, 0.3) is 0 Å². The van der Waals surface area contributed by atoms with Gasteiger partial charge in [0.2, 0.25) is 5.88 Å². The Kier molecular flexibility index (Phi) is 5.92. The van der Waals surface area contributed by atoms with E-state index in [-0.39, 0.29) is 12.0 Å². The van der Waals surface area contributed by atoms with E-state index in [2.05, 4.69) is 16.8 Å². The molecule has 0 radical (unpaired) electrons. The Morgan fingerprint density at radius 2 is 2.04 bits per heavy atom. The van der Waals surface area contributed by atoms with E-state index in [0.29, 0.717) is 29.7 Å². The first-order chi connectivity index (χ1) is 11.7. The molecule has 7 heteroatoms. The minimum absolute atomic E-state index is 0.0160. The van der Waals surface area contributed by atoms with Gasteiger partial charge in [0, 0.05) is 45.2 Å². The molecule has 1 aromatic heterocycles. The van der Waals surface area contributed by atoms with Crippen molar-refractivity contribution in [2.75, 3.05) is 45.9 Å². The Morgan fingerprint density at radius 3 is 2.67 bits per heavy atom. The normalized spacial score (nSPS) is 20.2. The molecule has 3 rings (SSSR count). The lowest BCUT2D eigenvalue weighted by atomic mass is 10.1. The molecule has 0 N–H and O–H groups in total. The van der Waals surface area contributed by atoms with Crippen molar-refractivity contribution < 1.29 is 14.3 Å². The summed E-state index contributed by atoms with van der Waals surface area (Å²) in [6, 6.07) is 1.66. The lowest BCUT2D eigenvalue weighted by Gasteiger charge is -2.34. The van der Waals surface area contributed by atoms with E-state index in [4.69, 9.17) is 21.1 Å². The number of pyridine rings is 1. The average Bonchev–Trinajstić information content (AvgIpc) is 2.64. The van der Waals surface area contributed by atoms with Crippen molar-refractivity contribution in [3.63, 3.8) is 0 Å². The maximum absolute atomic E-state index is 12.6. The highest BCUT2D eigenvalue weighted by Crippen LogP contribution is 2.26. The third-order valence-corrected chi connectivity index (χ3v) is 4.88. The molecule has 24 heavy (non-hydrogen) atoms. The van der Waals surface area contributed by atoms with Gasteiger partial charge in [0.15, 0.2) is 0 Å². The number of nitrogens with zero attached hydrogens (tertiary/aromatic N) is 3. The van der Waals surface area contributed by atoms with Crippen molar-refractivity contribution in [3.05, 3.63) is 22.8 Å². The predicted molar refractivity (Wildman–Crippen MR) is 91.7 cm³/mol. The fourth-order valence-electron chi connectivity index (χ4n) is 3.03. The average molecular weight is 354 g/mol. The first-order valence-electron chi connectivity index (χ1n) is 8.59. The molecule has 0 aliphatic carbocycles. The number of ether oxygens (including phenoxy) is 2. The molecular weight excluding hydrogens is 330 g/mol. The van der Waals surface area contributed by atoms with Gasteiger partial charge in [0.05, 0.1) is 18.8 Å². The summed E-state index contributed by atoms with van der Waals surface area (Å²) < 4.78 is 11.2. The number of carbonyl (C=O) groups is 1. The molecule has 6 nitrogen and oxygen atoms in total. The van der Waals surface area contributed by atoms with Crippen LogP contribution in [0.3, 0.4) is 0 Å². The minimum Gasteiger partial charge on any atom is -0.473 e. The number of aromatic nitrogens is 1. The Balaban J connectivity index is 1.62. The van der Waals surface area contributed by atoms with Gasteiger partial charge < -0.3 is 19.3 Å². The summed E-state index contributed by atoms with van der Waals surface area (Å²) in [6.45, 7) is 7.86. The van der Waals surface area contributed by atoms with Crippen LogP contribution in [0.15, 0.2) is 12.3 Å². The molecular formula is C17H24ClN3O3. The van der Waals surface area contributed by atoms with Crippen molar-refractivity contribution in [2.45, 2.75) is 25.9 Å². The monoisotopic (exact) mass is 353 g/mol. The van der Waals surface area contributed by atoms with Crippen LogP contribution in [-0.2, 0) is 4.74 Å². The third kappa shape index (κ3) is 4.18. The van der Waals surface area contributed by atoms with Gasteiger partial charge in [-0.05, 0) is 12.6 Å². The number of hydrogen-bond donors (Lipinski definition) is 0. The third-order valence-electron chi connectivity index (χ3n) is 4.61. The lowest BCUT2D eigenvalue weighted by Crippen LogP contribution is -2.48. The van der Waals surface area contributed by atoms with E-state index in [1.807, 2.05) is 4.90 Å². The Hall–Kier alpha value is -1.37. The molecule has 0 atom stereocenters.